The largest absolute Gasteiger partial charge is 0.325 e. The predicted octanol–water partition coefficient (Wildman–Crippen LogP) is 4.15. The van der Waals surface area contributed by atoms with Gasteiger partial charge in [0.15, 0.2) is 0 Å². The van der Waals surface area contributed by atoms with Gasteiger partial charge in [-0.1, -0.05) is 17.8 Å². The Kier molecular flexibility index (Phi) is 5.35. The minimum absolute atomic E-state index is 0.126. The molecule has 3 aromatic rings. The van der Waals surface area contributed by atoms with Gasteiger partial charge < -0.3 is 5.32 Å². The molecule has 0 aliphatic rings. The van der Waals surface area contributed by atoms with Crippen molar-refractivity contribution in [1.82, 2.24) is 10.2 Å². The van der Waals surface area contributed by atoms with Crippen molar-refractivity contribution in [3.63, 3.8) is 0 Å². The zero-order valence-electron chi connectivity index (χ0n) is 12.9. The first kappa shape index (κ1) is 17.0. The summed E-state index contributed by atoms with van der Waals surface area (Å²) in [4.78, 5) is 11.9. The molecule has 1 heterocycles. The van der Waals surface area contributed by atoms with E-state index in [0.29, 0.717) is 16.4 Å². The van der Waals surface area contributed by atoms with E-state index in [1.807, 2.05) is 0 Å². The SMILES string of the molecule is O=C(CSc1ccc(-c2ccc(F)cc2)nn1)Nc1cccc(F)c1. The van der Waals surface area contributed by atoms with Crippen LogP contribution in [0.1, 0.15) is 0 Å². The molecule has 1 N–H and O–H groups in total. The molecule has 0 saturated heterocycles. The number of rotatable bonds is 5. The number of halogens is 2. The van der Waals surface area contributed by atoms with Gasteiger partial charge in [-0.2, -0.15) is 0 Å². The number of aromatic nitrogens is 2. The molecule has 0 atom stereocenters. The highest BCUT2D eigenvalue weighted by Gasteiger charge is 2.07. The molecule has 0 fully saturated rings. The van der Waals surface area contributed by atoms with Gasteiger partial charge in [0.1, 0.15) is 16.7 Å². The van der Waals surface area contributed by atoms with Crippen molar-refractivity contribution >= 4 is 23.4 Å². The Labute approximate surface area is 147 Å². The van der Waals surface area contributed by atoms with Crippen molar-refractivity contribution in [3.05, 3.63) is 72.3 Å². The van der Waals surface area contributed by atoms with E-state index in [9.17, 15) is 13.6 Å². The molecule has 2 aromatic carbocycles. The number of hydrogen-bond acceptors (Lipinski definition) is 4. The highest BCUT2D eigenvalue weighted by molar-refractivity contribution is 7.99. The van der Waals surface area contributed by atoms with Crippen LogP contribution in [0.5, 0.6) is 0 Å². The number of carbonyl (C=O) groups is 1. The van der Waals surface area contributed by atoms with Crippen molar-refractivity contribution in [2.24, 2.45) is 0 Å². The minimum Gasteiger partial charge on any atom is -0.325 e. The van der Waals surface area contributed by atoms with Gasteiger partial charge in [0, 0.05) is 11.3 Å². The van der Waals surface area contributed by atoms with E-state index in [1.54, 1.807) is 30.3 Å². The summed E-state index contributed by atoms with van der Waals surface area (Å²) in [5.41, 5.74) is 1.78. The third-order valence-corrected chi connectivity index (χ3v) is 4.16. The fraction of sp³-hybridized carbons (Fsp3) is 0.0556. The zero-order valence-corrected chi connectivity index (χ0v) is 13.8. The number of anilines is 1. The van der Waals surface area contributed by atoms with Crippen LogP contribution in [0.15, 0.2) is 65.7 Å². The number of amides is 1. The molecule has 4 nitrogen and oxygen atoms in total. The van der Waals surface area contributed by atoms with Crippen molar-refractivity contribution in [3.8, 4) is 11.3 Å². The molecule has 0 spiro atoms. The number of benzene rings is 2. The molecule has 1 amide bonds. The van der Waals surface area contributed by atoms with Crippen LogP contribution in [0.2, 0.25) is 0 Å². The lowest BCUT2D eigenvalue weighted by Gasteiger charge is -2.05. The van der Waals surface area contributed by atoms with Crippen LogP contribution in [0.4, 0.5) is 14.5 Å². The lowest BCUT2D eigenvalue weighted by molar-refractivity contribution is -0.113. The lowest BCUT2D eigenvalue weighted by Crippen LogP contribution is -2.14. The smallest absolute Gasteiger partial charge is 0.234 e. The van der Waals surface area contributed by atoms with Gasteiger partial charge >= 0.3 is 0 Å². The summed E-state index contributed by atoms with van der Waals surface area (Å²) in [6, 6.07) is 15.2. The van der Waals surface area contributed by atoms with E-state index in [0.717, 1.165) is 5.56 Å². The Bertz CT molecular complexity index is 870. The molecule has 3 rings (SSSR count). The van der Waals surface area contributed by atoms with Gasteiger partial charge in [0.25, 0.3) is 0 Å². The summed E-state index contributed by atoms with van der Waals surface area (Å²) in [5.74, 6) is -0.859. The lowest BCUT2D eigenvalue weighted by atomic mass is 10.1. The van der Waals surface area contributed by atoms with Crippen molar-refractivity contribution in [2.45, 2.75) is 5.03 Å². The summed E-state index contributed by atoms with van der Waals surface area (Å²) in [6.45, 7) is 0. The van der Waals surface area contributed by atoms with Gasteiger partial charge in [0.2, 0.25) is 5.91 Å². The summed E-state index contributed by atoms with van der Waals surface area (Å²) >= 11 is 1.22. The fourth-order valence-electron chi connectivity index (χ4n) is 2.07. The predicted molar refractivity (Wildman–Crippen MR) is 93.2 cm³/mol. The van der Waals surface area contributed by atoms with E-state index in [1.165, 1.54) is 42.1 Å². The second-order valence-electron chi connectivity index (χ2n) is 5.11. The molecular weight excluding hydrogens is 344 g/mol. The second-order valence-corrected chi connectivity index (χ2v) is 6.11. The van der Waals surface area contributed by atoms with Gasteiger partial charge in [-0.15, -0.1) is 10.2 Å². The second kappa shape index (κ2) is 7.85. The first-order chi connectivity index (χ1) is 12.1. The van der Waals surface area contributed by atoms with E-state index >= 15 is 0 Å². The summed E-state index contributed by atoms with van der Waals surface area (Å²) in [5, 5.41) is 11.3. The molecular formula is C18H13F2N3OS. The Morgan fingerprint density at radius 3 is 2.44 bits per heavy atom. The third-order valence-electron chi connectivity index (χ3n) is 3.24. The van der Waals surface area contributed by atoms with E-state index in [-0.39, 0.29) is 17.5 Å². The number of carbonyl (C=O) groups excluding carboxylic acids is 1. The molecule has 0 aliphatic heterocycles. The molecule has 7 heteroatoms. The molecule has 1 aromatic heterocycles. The Morgan fingerprint density at radius 2 is 1.76 bits per heavy atom. The fourth-order valence-corrected chi connectivity index (χ4v) is 2.69. The van der Waals surface area contributed by atoms with Crippen molar-refractivity contribution < 1.29 is 13.6 Å². The first-order valence-electron chi connectivity index (χ1n) is 7.38. The van der Waals surface area contributed by atoms with Crippen LogP contribution < -0.4 is 5.32 Å². The zero-order chi connectivity index (χ0) is 17.6. The highest BCUT2D eigenvalue weighted by atomic mass is 32.2. The van der Waals surface area contributed by atoms with E-state index in [4.69, 9.17) is 0 Å². The maximum atomic E-state index is 13.1. The monoisotopic (exact) mass is 357 g/mol. The van der Waals surface area contributed by atoms with E-state index < -0.39 is 5.82 Å². The number of nitrogens with zero attached hydrogens (tertiary/aromatic N) is 2. The molecule has 0 bridgehead atoms. The molecule has 0 radical (unpaired) electrons. The summed E-state index contributed by atoms with van der Waals surface area (Å²) in [7, 11) is 0. The quantitative estimate of drug-likeness (QED) is 0.697. The minimum atomic E-state index is -0.410. The topological polar surface area (TPSA) is 54.9 Å². The van der Waals surface area contributed by atoms with Crippen molar-refractivity contribution in [2.75, 3.05) is 11.1 Å². The van der Waals surface area contributed by atoms with Gasteiger partial charge in [-0.25, -0.2) is 8.78 Å². The number of hydrogen-bond donors (Lipinski definition) is 1. The normalized spacial score (nSPS) is 10.5. The third kappa shape index (κ3) is 4.84. The Hall–Kier alpha value is -2.80. The maximum Gasteiger partial charge on any atom is 0.234 e. The average molecular weight is 357 g/mol. The maximum absolute atomic E-state index is 13.1. The summed E-state index contributed by atoms with van der Waals surface area (Å²) in [6.07, 6.45) is 0. The van der Waals surface area contributed by atoms with Crippen LogP contribution in [0.3, 0.4) is 0 Å². The highest BCUT2D eigenvalue weighted by Crippen LogP contribution is 2.20. The Balaban J connectivity index is 1.56. The van der Waals surface area contributed by atoms with Gasteiger partial charge in [-0.3, -0.25) is 4.79 Å². The molecule has 0 saturated carbocycles. The Morgan fingerprint density at radius 1 is 0.960 bits per heavy atom. The first-order valence-corrected chi connectivity index (χ1v) is 8.36. The van der Waals surface area contributed by atoms with Crippen molar-refractivity contribution in [1.29, 1.82) is 0 Å². The molecule has 126 valence electrons. The van der Waals surface area contributed by atoms with Crippen LogP contribution in [0.25, 0.3) is 11.3 Å². The van der Waals surface area contributed by atoms with Crippen LogP contribution >= 0.6 is 11.8 Å². The molecule has 0 unspecified atom stereocenters. The number of nitrogens with one attached hydrogen (secondary N) is 1. The average Bonchev–Trinajstić information content (AvgIpc) is 2.61. The molecule has 25 heavy (non-hydrogen) atoms. The van der Waals surface area contributed by atoms with Crippen LogP contribution in [-0.2, 0) is 4.79 Å². The number of thioether (sulfide) groups is 1. The van der Waals surface area contributed by atoms with E-state index in [2.05, 4.69) is 15.5 Å². The summed E-state index contributed by atoms with van der Waals surface area (Å²) < 4.78 is 26.0. The van der Waals surface area contributed by atoms with Crippen LogP contribution in [-0.4, -0.2) is 21.9 Å². The molecule has 0 aliphatic carbocycles. The van der Waals surface area contributed by atoms with Gasteiger partial charge in [-0.05, 0) is 54.6 Å². The van der Waals surface area contributed by atoms with Gasteiger partial charge in [0.05, 0.1) is 11.4 Å². The van der Waals surface area contributed by atoms with Crippen LogP contribution in [0, 0.1) is 11.6 Å². The standard InChI is InChI=1S/C18H13F2N3OS/c19-13-6-4-12(5-7-13)16-8-9-18(23-22-16)25-11-17(24)21-15-3-1-2-14(20)10-15/h1-10H,11H2,(H,21,24).